The normalized spacial score (nSPS) is 15.5. The lowest BCUT2D eigenvalue weighted by atomic mass is 9.85. The summed E-state index contributed by atoms with van der Waals surface area (Å²) in [7, 11) is 0. The van der Waals surface area contributed by atoms with E-state index in [0.717, 1.165) is 0 Å². The van der Waals surface area contributed by atoms with Gasteiger partial charge in [0.2, 0.25) is 5.43 Å². The fourth-order valence-corrected chi connectivity index (χ4v) is 4.00. The van der Waals surface area contributed by atoms with Crippen LogP contribution in [0.5, 0.6) is 23.0 Å². The van der Waals surface area contributed by atoms with Crippen LogP contribution in [0, 0.1) is 0 Å². The van der Waals surface area contributed by atoms with E-state index in [4.69, 9.17) is 9.15 Å². The van der Waals surface area contributed by atoms with Crippen molar-refractivity contribution in [1.29, 1.82) is 0 Å². The van der Waals surface area contributed by atoms with E-state index in [9.17, 15) is 24.9 Å². The first-order valence-electron chi connectivity index (χ1n) is 9.53. The summed E-state index contributed by atoms with van der Waals surface area (Å²) in [6.45, 7) is 0. The van der Waals surface area contributed by atoms with Crippen LogP contribution in [-0.2, 0) is 4.79 Å². The molecule has 0 unspecified atom stereocenters. The van der Waals surface area contributed by atoms with Crippen LogP contribution in [0.25, 0.3) is 22.1 Å². The van der Waals surface area contributed by atoms with Crippen LogP contribution in [0.15, 0.2) is 70.1 Å². The van der Waals surface area contributed by atoms with Crippen molar-refractivity contribution in [2.75, 3.05) is 0 Å². The van der Waals surface area contributed by atoms with Crippen LogP contribution in [-0.4, -0.2) is 21.3 Å². The smallest absolute Gasteiger partial charge is 0.312 e. The zero-order valence-electron chi connectivity index (χ0n) is 16.0. The Kier molecular flexibility index (Phi) is 4.18. The number of hydrogen-bond acceptors (Lipinski definition) is 7. The molecule has 7 nitrogen and oxygen atoms in total. The Balaban J connectivity index is 1.78. The van der Waals surface area contributed by atoms with E-state index in [1.165, 1.54) is 36.6 Å². The maximum absolute atomic E-state index is 13.3. The number of carbonyl (C=O) groups excluding carboxylic acids is 1. The van der Waals surface area contributed by atoms with Gasteiger partial charge in [-0.1, -0.05) is 24.3 Å². The summed E-state index contributed by atoms with van der Waals surface area (Å²) in [6, 6.07) is 13.7. The van der Waals surface area contributed by atoms with Gasteiger partial charge in [0.1, 0.15) is 40.2 Å². The Morgan fingerprint density at radius 2 is 1.68 bits per heavy atom. The van der Waals surface area contributed by atoms with Gasteiger partial charge in [0.25, 0.3) is 0 Å². The van der Waals surface area contributed by atoms with Crippen molar-refractivity contribution >= 4 is 16.9 Å². The minimum Gasteiger partial charge on any atom is -0.508 e. The van der Waals surface area contributed by atoms with E-state index in [2.05, 4.69) is 0 Å². The van der Waals surface area contributed by atoms with Crippen LogP contribution in [0.3, 0.4) is 0 Å². The summed E-state index contributed by atoms with van der Waals surface area (Å²) >= 11 is 0. The van der Waals surface area contributed by atoms with E-state index in [1.54, 1.807) is 24.3 Å². The number of carbonyl (C=O) groups is 1. The lowest BCUT2D eigenvalue weighted by Gasteiger charge is -2.26. The first-order valence-corrected chi connectivity index (χ1v) is 9.53. The first-order chi connectivity index (χ1) is 14.9. The van der Waals surface area contributed by atoms with Gasteiger partial charge in [-0.25, -0.2) is 0 Å². The SMILES string of the molecule is O=C1C[C@@H](c2cccc(O)c2)c2c(cc(O)c3c(=O)c(-c4ccc(O)cc4)coc23)O1. The third-order valence-corrected chi connectivity index (χ3v) is 5.42. The van der Waals surface area contributed by atoms with Crippen molar-refractivity contribution in [2.45, 2.75) is 12.3 Å². The molecule has 0 amide bonds. The summed E-state index contributed by atoms with van der Waals surface area (Å²) < 4.78 is 11.1. The predicted octanol–water partition coefficient (Wildman–Crippen LogP) is 4.02. The zero-order valence-corrected chi connectivity index (χ0v) is 16.0. The quantitative estimate of drug-likeness (QED) is 0.334. The monoisotopic (exact) mass is 416 g/mol. The molecule has 1 aliphatic heterocycles. The number of hydrogen-bond donors (Lipinski definition) is 3. The Morgan fingerprint density at radius 1 is 0.903 bits per heavy atom. The van der Waals surface area contributed by atoms with Gasteiger partial charge in [-0.05, 0) is 35.4 Å². The van der Waals surface area contributed by atoms with Gasteiger partial charge in [0.05, 0.1) is 12.0 Å². The standard InChI is InChI=1S/C24H16O7/c25-14-6-4-12(5-7-14)17-11-30-24-21-16(13-2-1-3-15(26)8-13)9-20(28)31-19(21)10-18(27)22(24)23(17)29/h1-8,10-11,16,25-27H,9H2/t16-/m0/s1. The molecular weight excluding hydrogens is 400 g/mol. The molecule has 0 saturated carbocycles. The molecule has 0 aliphatic carbocycles. The Labute approximate surface area is 175 Å². The van der Waals surface area contributed by atoms with Crippen molar-refractivity contribution < 1.29 is 29.3 Å². The highest BCUT2D eigenvalue weighted by atomic mass is 16.5. The molecule has 0 radical (unpaired) electrons. The van der Waals surface area contributed by atoms with Crippen molar-refractivity contribution in [2.24, 2.45) is 0 Å². The fourth-order valence-electron chi connectivity index (χ4n) is 4.00. The number of ether oxygens (including phenoxy) is 1. The molecule has 4 aromatic rings. The van der Waals surface area contributed by atoms with Crippen LogP contribution in [0.4, 0.5) is 0 Å². The van der Waals surface area contributed by atoms with E-state index in [1.807, 2.05) is 0 Å². The lowest BCUT2D eigenvalue weighted by molar-refractivity contribution is -0.135. The third kappa shape index (κ3) is 3.07. The molecular formula is C24H16O7. The number of rotatable bonds is 2. The molecule has 2 heterocycles. The van der Waals surface area contributed by atoms with Crippen LogP contribution in [0.2, 0.25) is 0 Å². The van der Waals surface area contributed by atoms with Crippen LogP contribution in [0.1, 0.15) is 23.5 Å². The molecule has 1 aliphatic rings. The molecule has 3 N–H and O–H groups in total. The number of phenolic OH excluding ortho intramolecular Hbond substituents is 3. The number of fused-ring (bicyclic) bond motifs is 3. The van der Waals surface area contributed by atoms with Crippen LogP contribution >= 0.6 is 0 Å². The molecule has 0 saturated heterocycles. The number of esters is 1. The largest absolute Gasteiger partial charge is 0.508 e. The Hall–Kier alpha value is -4.26. The van der Waals surface area contributed by atoms with Gasteiger partial charge in [-0.15, -0.1) is 0 Å². The summed E-state index contributed by atoms with van der Waals surface area (Å²) in [5.74, 6) is -1.20. The highest BCUT2D eigenvalue weighted by Crippen LogP contribution is 2.46. The van der Waals surface area contributed by atoms with Gasteiger partial charge in [0, 0.05) is 17.5 Å². The minimum atomic E-state index is -0.533. The highest BCUT2D eigenvalue weighted by molar-refractivity contribution is 5.94. The molecule has 1 atom stereocenters. The zero-order chi connectivity index (χ0) is 21.7. The molecule has 0 spiro atoms. The van der Waals surface area contributed by atoms with Gasteiger partial charge in [-0.3, -0.25) is 9.59 Å². The molecule has 0 bridgehead atoms. The summed E-state index contributed by atoms with van der Waals surface area (Å²) in [5.41, 5.74) is 1.48. The molecule has 3 aromatic carbocycles. The maximum atomic E-state index is 13.3. The maximum Gasteiger partial charge on any atom is 0.312 e. The average Bonchev–Trinajstić information content (AvgIpc) is 2.74. The van der Waals surface area contributed by atoms with Gasteiger partial charge < -0.3 is 24.5 Å². The van der Waals surface area contributed by atoms with Crippen molar-refractivity contribution in [3.05, 3.63) is 82.2 Å². The summed E-state index contributed by atoms with van der Waals surface area (Å²) in [4.78, 5) is 25.4. The second-order valence-corrected chi connectivity index (χ2v) is 7.36. The highest BCUT2D eigenvalue weighted by Gasteiger charge is 2.33. The predicted molar refractivity (Wildman–Crippen MR) is 111 cm³/mol. The van der Waals surface area contributed by atoms with Gasteiger partial charge in [-0.2, -0.15) is 0 Å². The second kappa shape index (κ2) is 6.91. The van der Waals surface area contributed by atoms with E-state index in [0.29, 0.717) is 16.7 Å². The van der Waals surface area contributed by atoms with E-state index < -0.39 is 17.3 Å². The second-order valence-electron chi connectivity index (χ2n) is 7.36. The number of benzene rings is 3. The molecule has 5 rings (SSSR count). The number of aromatic hydroxyl groups is 3. The lowest BCUT2D eigenvalue weighted by Crippen LogP contribution is -2.22. The number of phenols is 3. The minimum absolute atomic E-state index is 0.0141. The van der Waals surface area contributed by atoms with Crippen molar-refractivity contribution in [1.82, 2.24) is 0 Å². The Morgan fingerprint density at radius 3 is 2.42 bits per heavy atom. The molecule has 7 heteroatoms. The third-order valence-electron chi connectivity index (χ3n) is 5.42. The molecule has 154 valence electrons. The van der Waals surface area contributed by atoms with E-state index >= 15 is 0 Å². The average molecular weight is 416 g/mol. The fraction of sp³-hybridized carbons (Fsp3) is 0.0833. The molecule has 31 heavy (non-hydrogen) atoms. The Bertz CT molecular complexity index is 1400. The van der Waals surface area contributed by atoms with Gasteiger partial charge >= 0.3 is 5.97 Å². The van der Waals surface area contributed by atoms with Crippen molar-refractivity contribution in [3.8, 4) is 34.1 Å². The molecule has 1 aromatic heterocycles. The van der Waals surface area contributed by atoms with E-state index in [-0.39, 0.29) is 46.0 Å². The topological polar surface area (TPSA) is 117 Å². The van der Waals surface area contributed by atoms with Crippen molar-refractivity contribution in [3.63, 3.8) is 0 Å². The summed E-state index contributed by atoms with van der Waals surface area (Å²) in [5, 5.41) is 29.9. The van der Waals surface area contributed by atoms with Crippen LogP contribution < -0.4 is 10.2 Å². The summed E-state index contributed by atoms with van der Waals surface area (Å²) in [6.07, 6.45) is 1.27. The molecule has 0 fully saturated rings. The first kappa shape index (κ1) is 18.7. The van der Waals surface area contributed by atoms with Gasteiger partial charge in [0.15, 0.2) is 0 Å².